The lowest BCUT2D eigenvalue weighted by Gasteiger charge is -2.21. The van der Waals surface area contributed by atoms with Gasteiger partial charge >= 0.3 is 6.18 Å². The Morgan fingerprint density at radius 3 is 2.54 bits per heavy atom. The Kier molecular flexibility index (Phi) is 5.86. The molecule has 0 radical (unpaired) electrons. The summed E-state index contributed by atoms with van der Waals surface area (Å²) in [6.45, 7) is 7.23. The topological polar surface area (TPSA) is 72.7 Å². The van der Waals surface area contributed by atoms with Crippen molar-refractivity contribution in [2.75, 3.05) is 5.32 Å². The number of carbonyl (C=O) groups excluding carboxylic acids is 1. The number of rotatable bonds is 4. The summed E-state index contributed by atoms with van der Waals surface area (Å²) in [5, 5.41) is 13.2. The third-order valence-corrected chi connectivity index (χ3v) is 4.54. The van der Waals surface area contributed by atoms with Crippen LogP contribution in [0.4, 0.5) is 18.9 Å². The highest BCUT2D eigenvalue weighted by molar-refractivity contribution is 8.00. The van der Waals surface area contributed by atoms with Gasteiger partial charge in [-0.1, -0.05) is 23.4 Å². The summed E-state index contributed by atoms with van der Waals surface area (Å²) in [5.74, 6) is -0.605. The molecule has 11 heteroatoms. The number of anilines is 1. The van der Waals surface area contributed by atoms with Crippen LogP contribution in [0.5, 0.6) is 0 Å². The molecular weight excluding hydrogens is 391 g/mol. The molecule has 1 atom stereocenters. The van der Waals surface area contributed by atoms with E-state index >= 15 is 0 Å². The van der Waals surface area contributed by atoms with Gasteiger partial charge < -0.3 is 5.32 Å². The van der Waals surface area contributed by atoms with Crippen molar-refractivity contribution in [2.24, 2.45) is 0 Å². The molecular formula is C15H17ClF3N5OS. The molecule has 1 heterocycles. The number of hydrogen-bond acceptors (Lipinski definition) is 5. The van der Waals surface area contributed by atoms with Crippen molar-refractivity contribution in [3.8, 4) is 0 Å². The highest BCUT2D eigenvalue weighted by atomic mass is 35.5. The van der Waals surface area contributed by atoms with Gasteiger partial charge in [0.25, 0.3) is 0 Å². The number of hydrogen-bond donors (Lipinski definition) is 1. The minimum atomic E-state index is -4.64. The summed E-state index contributed by atoms with van der Waals surface area (Å²) in [6.07, 6.45) is -4.64. The molecule has 1 aromatic carbocycles. The summed E-state index contributed by atoms with van der Waals surface area (Å²) in [6, 6.07) is 3.18. The van der Waals surface area contributed by atoms with Crippen molar-refractivity contribution in [3.05, 3.63) is 28.8 Å². The number of tetrazole rings is 1. The molecule has 142 valence electrons. The van der Waals surface area contributed by atoms with E-state index in [1.165, 1.54) is 6.07 Å². The van der Waals surface area contributed by atoms with Crippen LogP contribution in [0.25, 0.3) is 0 Å². The van der Waals surface area contributed by atoms with Gasteiger partial charge in [-0.2, -0.15) is 13.2 Å². The average Bonchev–Trinajstić information content (AvgIpc) is 2.96. The van der Waals surface area contributed by atoms with Crippen LogP contribution in [0.15, 0.2) is 23.4 Å². The maximum absolute atomic E-state index is 13.1. The second-order valence-electron chi connectivity index (χ2n) is 6.48. The van der Waals surface area contributed by atoms with E-state index < -0.39 is 28.4 Å². The Morgan fingerprint density at radius 1 is 1.31 bits per heavy atom. The van der Waals surface area contributed by atoms with Gasteiger partial charge in [0.2, 0.25) is 11.1 Å². The monoisotopic (exact) mass is 407 g/mol. The minimum absolute atomic E-state index is 0.0675. The zero-order chi connectivity index (χ0) is 19.7. The van der Waals surface area contributed by atoms with Crippen molar-refractivity contribution in [1.29, 1.82) is 0 Å². The molecule has 2 aromatic rings. The fraction of sp³-hybridized carbons (Fsp3) is 0.467. The van der Waals surface area contributed by atoms with Crippen LogP contribution in [-0.2, 0) is 16.5 Å². The number of nitrogens with one attached hydrogen (secondary N) is 1. The molecule has 0 aliphatic carbocycles. The van der Waals surface area contributed by atoms with Gasteiger partial charge in [-0.25, -0.2) is 4.68 Å². The standard InChI is InChI=1S/C15H17ClF3N5OS/c1-8(26-13-21-22-23-24(13)14(2,3)4)12(25)20-11-6-5-9(16)7-10(11)15(17,18)19/h5-8H,1-4H3,(H,20,25). The van der Waals surface area contributed by atoms with Gasteiger partial charge in [-0.3, -0.25) is 4.79 Å². The van der Waals surface area contributed by atoms with Gasteiger partial charge in [0.05, 0.1) is 22.0 Å². The number of halogens is 4. The van der Waals surface area contributed by atoms with Gasteiger partial charge in [0.15, 0.2) is 0 Å². The molecule has 0 bridgehead atoms. The van der Waals surface area contributed by atoms with Crippen LogP contribution in [0.2, 0.25) is 5.02 Å². The molecule has 0 aliphatic heterocycles. The quantitative estimate of drug-likeness (QED) is 0.768. The number of aromatic nitrogens is 4. The molecule has 0 fully saturated rings. The molecule has 1 amide bonds. The molecule has 0 saturated carbocycles. The van der Waals surface area contributed by atoms with E-state index in [1.807, 2.05) is 20.8 Å². The molecule has 0 saturated heterocycles. The predicted molar refractivity (Wildman–Crippen MR) is 93.2 cm³/mol. The number of thioether (sulfide) groups is 1. The van der Waals surface area contributed by atoms with Crippen molar-refractivity contribution < 1.29 is 18.0 Å². The highest BCUT2D eigenvalue weighted by Gasteiger charge is 2.34. The first-order chi connectivity index (χ1) is 11.9. The lowest BCUT2D eigenvalue weighted by atomic mass is 10.1. The predicted octanol–water partition coefficient (Wildman–Crippen LogP) is 4.22. The molecule has 1 aromatic heterocycles. The third kappa shape index (κ3) is 4.88. The van der Waals surface area contributed by atoms with Crippen LogP contribution in [0.3, 0.4) is 0 Å². The van der Waals surface area contributed by atoms with Crippen LogP contribution < -0.4 is 5.32 Å². The van der Waals surface area contributed by atoms with Crippen molar-refractivity contribution in [2.45, 2.75) is 49.8 Å². The number of alkyl halides is 3. The fourth-order valence-corrected chi connectivity index (χ4v) is 3.13. The van der Waals surface area contributed by atoms with Gasteiger partial charge in [-0.05, 0) is 56.3 Å². The second kappa shape index (κ2) is 7.43. The maximum atomic E-state index is 13.1. The van der Waals surface area contributed by atoms with Gasteiger partial charge in [0.1, 0.15) is 0 Å². The molecule has 1 N–H and O–H groups in total. The van der Waals surface area contributed by atoms with E-state index in [-0.39, 0.29) is 10.7 Å². The van der Waals surface area contributed by atoms with Crippen molar-refractivity contribution in [1.82, 2.24) is 20.2 Å². The Morgan fingerprint density at radius 2 is 1.96 bits per heavy atom. The number of nitrogens with zero attached hydrogens (tertiary/aromatic N) is 4. The van der Waals surface area contributed by atoms with E-state index in [1.54, 1.807) is 11.6 Å². The molecule has 2 rings (SSSR count). The van der Waals surface area contributed by atoms with E-state index in [0.29, 0.717) is 5.16 Å². The van der Waals surface area contributed by atoms with E-state index in [4.69, 9.17) is 11.6 Å². The summed E-state index contributed by atoms with van der Waals surface area (Å²) in [5.41, 5.74) is -1.76. The average molecular weight is 408 g/mol. The van der Waals surface area contributed by atoms with Crippen LogP contribution in [-0.4, -0.2) is 31.4 Å². The number of benzene rings is 1. The van der Waals surface area contributed by atoms with E-state index in [2.05, 4.69) is 20.8 Å². The first-order valence-electron chi connectivity index (χ1n) is 7.52. The molecule has 26 heavy (non-hydrogen) atoms. The van der Waals surface area contributed by atoms with Crippen LogP contribution in [0, 0.1) is 0 Å². The second-order valence-corrected chi connectivity index (χ2v) is 8.23. The molecule has 1 unspecified atom stereocenters. The Hall–Kier alpha value is -1.81. The van der Waals surface area contributed by atoms with E-state index in [9.17, 15) is 18.0 Å². The highest BCUT2D eigenvalue weighted by Crippen LogP contribution is 2.37. The first-order valence-corrected chi connectivity index (χ1v) is 8.78. The first kappa shape index (κ1) is 20.5. The summed E-state index contributed by atoms with van der Waals surface area (Å²) in [7, 11) is 0. The lowest BCUT2D eigenvalue weighted by molar-refractivity contribution is -0.137. The van der Waals surface area contributed by atoms with Gasteiger partial charge in [-0.15, -0.1) is 5.10 Å². The zero-order valence-electron chi connectivity index (χ0n) is 14.4. The lowest BCUT2D eigenvalue weighted by Crippen LogP contribution is -2.27. The smallest absolute Gasteiger partial charge is 0.325 e. The zero-order valence-corrected chi connectivity index (χ0v) is 16.0. The summed E-state index contributed by atoms with van der Waals surface area (Å²) in [4.78, 5) is 12.4. The third-order valence-electron chi connectivity index (χ3n) is 3.27. The Bertz CT molecular complexity index is 803. The number of amides is 1. The largest absolute Gasteiger partial charge is 0.418 e. The fourth-order valence-electron chi connectivity index (χ4n) is 1.98. The van der Waals surface area contributed by atoms with Crippen LogP contribution >= 0.6 is 23.4 Å². The van der Waals surface area contributed by atoms with Crippen molar-refractivity contribution in [3.63, 3.8) is 0 Å². The summed E-state index contributed by atoms with van der Waals surface area (Å²) >= 11 is 6.69. The normalized spacial score (nSPS) is 13.5. The summed E-state index contributed by atoms with van der Waals surface area (Å²) < 4.78 is 40.9. The maximum Gasteiger partial charge on any atom is 0.418 e. The molecule has 0 spiro atoms. The molecule has 0 aliphatic rings. The Labute approximate surface area is 157 Å². The minimum Gasteiger partial charge on any atom is -0.325 e. The SMILES string of the molecule is CC(Sc1nnnn1C(C)(C)C)C(=O)Nc1ccc(Cl)cc1C(F)(F)F. The van der Waals surface area contributed by atoms with Gasteiger partial charge in [0, 0.05) is 5.02 Å². The Balaban J connectivity index is 2.18. The van der Waals surface area contributed by atoms with E-state index in [0.717, 1.165) is 23.9 Å². The molecule has 6 nitrogen and oxygen atoms in total. The van der Waals surface area contributed by atoms with Crippen molar-refractivity contribution >= 4 is 35.0 Å². The van der Waals surface area contributed by atoms with Crippen LogP contribution in [0.1, 0.15) is 33.3 Å². The number of carbonyl (C=O) groups is 1.